The van der Waals surface area contributed by atoms with Gasteiger partial charge in [0.1, 0.15) is 0 Å². The molecule has 0 aromatic carbocycles. The van der Waals surface area contributed by atoms with Crippen molar-refractivity contribution in [3.63, 3.8) is 0 Å². The number of carbonyl (C=O) groups is 4. The second kappa shape index (κ2) is 31.2. The number of likely N-dealkylation sites (tertiary alicyclic amines) is 2. The zero-order valence-corrected chi connectivity index (χ0v) is 46.4. The quantitative estimate of drug-likeness (QED) is 0.209. The van der Waals surface area contributed by atoms with E-state index in [2.05, 4.69) is 127 Å². The van der Waals surface area contributed by atoms with Crippen molar-refractivity contribution in [3.8, 4) is 0 Å². The summed E-state index contributed by atoms with van der Waals surface area (Å²) in [5.74, 6) is 2.10. The van der Waals surface area contributed by atoms with Gasteiger partial charge in [0, 0.05) is 112 Å². The molecule has 1 atom stereocenters. The van der Waals surface area contributed by atoms with Crippen molar-refractivity contribution < 1.29 is 23.9 Å². The van der Waals surface area contributed by atoms with Crippen LogP contribution in [-0.2, 0) is 23.9 Å². The van der Waals surface area contributed by atoms with E-state index in [1.54, 1.807) is 0 Å². The molecule has 6 heterocycles. The number of hydrogen-bond acceptors (Lipinski definition) is 11. The highest BCUT2D eigenvalue weighted by atomic mass is 16.5. The highest BCUT2D eigenvalue weighted by molar-refractivity contribution is 6.13. The minimum atomic E-state index is -0.208. The first kappa shape index (κ1) is 62.0. The Balaban J connectivity index is 0.000000403. The van der Waals surface area contributed by atoms with Gasteiger partial charge in [-0.3, -0.25) is 43.7 Å². The van der Waals surface area contributed by atoms with Crippen molar-refractivity contribution >= 4 is 23.6 Å². The molecule has 0 bridgehead atoms. The molecule has 1 aromatic heterocycles. The minimum absolute atomic E-state index is 0.00347. The maximum atomic E-state index is 11.7. The second-order valence-corrected chi connectivity index (χ2v) is 21.8. The molecule has 0 saturated carbocycles. The molecule has 6 rings (SSSR count). The Morgan fingerprint density at radius 2 is 0.896 bits per heavy atom. The third-order valence-electron chi connectivity index (χ3n) is 13.4. The van der Waals surface area contributed by atoms with Crippen molar-refractivity contribution in [2.45, 2.75) is 206 Å². The van der Waals surface area contributed by atoms with Gasteiger partial charge in [0.15, 0.2) is 0 Å². The molecule has 1 aromatic rings. The molecule has 0 radical (unpaired) electrons. The summed E-state index contributed by atoms with van der Waals surface area (Å²) >= 11 is 0. The van der Waals surface area contributed by atoms with Crippen LogP contribution in [0.15, 0.2) is 18.3 Å². The number of rotatable bonds is 10. The Kier molecular flexibility index (Phi) is 28.9. The van der Waals surface area contributed by atoms with Gasteiger partial charge < -0.3 is 9.64 Å². The van der Waals surface area contributed by atoms with E-state index in [9.17, 15) is 19.2 Å². The molecule has 0 aliphatic carbocycles. The van der Waals surface area contributed by atoms with Crippen LogP contribution in [0.1, 0.15) is 175 Å². The lowest BCUT2D eigenvalue weighted by Crippen LogP contribution is -2.50. The molecule has 5 aliphatic heterocycles. The first-order chi connectivity index (χ1) is 31.2. The highest BCUT2D eigenvalue weighted by Crippen LogP contribution is 2.28. The number of piperidine rings is 1. The Labute approximate surface area is 409 Å². The topological polar surface area (TPSA) is 128 Å². The van der Waals surface area contributed by atoms with Crippen LogP contribution in [0.25, 0.3) is 0 Å². The van der Waals surface area contributed by atoms with Crippen LogP contribution in [-0.4, -0.2) is 170 Å². The summed E-state index contributed by atoms with van der Waals surface area (Å²) in [6.45, 7) is 54.3. The van der Waals surface area contributed by atoms with E-state index in [4.69, 9.17) is 4.74 Å². The van der Waals surface area contributed by atoms with E-state index in [0.29, 0.717) is 24.4 Å². The van der Waals surface area contributed by atoms with Gasteiger partial charge in [-0.25, -0.2) is 4.68 Å². The molecule has 0 N–H and O–H groups in total. The maximum absolute atomic E-state index is 11.7. The van der Waals surface area contributed by atoms with Crippen LogP contribution in [0.5, 0.6) is 0 Å². The number of aromatic nitrogens is 3. The van der Waals surface area contributed by atoms with E-state index in [-0.39, 0.29) is 47.5 Å². The normalized spacial score (nSPS) is 20.3. The molecule has 14 nitrogen and oxygen atoms in total. The predicted octanol–water partition coefficient (Wildman–Crippen LogP) is 8.64. The lowest BCUT2D eigenvalue weighted by atomic mass is 9.86. The van der Waals surface area contributed by atoms with Gasteiger partial charge in [-0.1, -0.05) is 46.8 Å². The smallest absolute Gasteiger partial charge is 0.253 e. The molecule has 1 unspecified atom stereocenters. The van der Waals surface area contributed by atoms with E-state index in [0.717, 1.165) is 62.0 Å². The zero-order chi connectivity index (χ0) is 51.3. The summed E-state index contributed by atoms with van der Waals surface area (Å²) in [4.78, 5) is 57.6. The maximum Gasteiger partial charge on any atom is 0.253 e. The van der Waals surface area contributed by atoms with Crippen molar-refractivity contribution in [1.82, 2.24) is 44.4 Å². The first-order valence-electron chi connectivity index (χ1n) is 26.1. The number of piperazine rings is 1. The Bertz CT molecular complexity index is 1480. The lowest BCUT2D eigenvalue weighted by molar-refractivity contribution is -0.142. The summed E-state index contributed by atoms with van der Waals surface area (Å²) in [7, 11) is 0. The van der Waals surface area contributed by atoms with Gasteiger partial charge in [-0.15, -0.1) is 5.10 Å². The number of imide groups is 2. The fraction of sp³-hybridized carbons (Fsp3) is 0.849. The van der Waals surface area contributed by atoms with Gasteiger partial charge in [0.2, 0.25) is 11.8 Å². The van der Waals surface area contributed by atoms with Crippen LogP contribution in [0.4, 0.5) is 0 Å². The number of amides is 4. The number of carbonyl (C=O) groups excluding carboxylic acids is 4. The van der Waals surface area contributed by atoms with Gasteiger partial charge in [0.25, 0.3) is 11.8 Å². The summed E-state index contributed by atoms with van der Waals surface area (Å²) in [6.07, 6.45) is 7.82. The lowest BCUT2D eigenvalue weighted by Gasteiger charge is -2.38. The zero-order valence-electron chi connectivity index (χ0n) is 46.4. The Morgan fingerprint density at radius 1 is 0.493 bits per heavy atom. The molecule has 14 heteroatoms. The third-order valence-corrected chi connectivity index (χ3v) is 13.4. The number of ether oxygens (including phenoxy) is 1. The van der Waals surface area contributed by atoms with Gasteiger partial charge in [-0.05, 0) is 147 Å². The first-order valence-corrected chi connectivity index (χ1v) is 26.1. The van der Waals surface area contributed by atoms with Crippen molar-refractivity contribution in [1.29, 1.82) is 0 Å². The van der Waals surface area contributed by atoms with E-state index in [1.807, 2.05) is 52.4 Å². The number of morpholine rings is 1. The van der Waals surface area contributed by atoms with Gasteiger partial charge in [-0.2, -0.15) is 0 Å². The van der Waals surface area contributed by atoms with Crippen LogP contribution in [0, 0.1) is 23.7 Å². The van der Waals surface area contributed by atoms with E-state index in [1.165, 1.54) is 74.1 Å². The number of hydrogen-bond donors (Lipinski definition) is 0. The Hall–Kier alpha value is -3.04. The molecule has 4 fully saturated rings. The van der Waals surface area contributed by atoms with E-state index >= 15 is 0 Å². The fourth-order valence-corrected chi connectivity index (χ4v) is 8.43. The van der Waals surface area contributed by atoms with Crippen molar-refractivity contribution in [3.05, 3.63) is 24.0 Å². The van der Waals surface area contributed by atoms with Crippen LogP contribution in [0.2, 0.25) is 0 Å². The largest absolute Gasteiger partial charge is 0.379 e. The van der Waals surface area contributed by atoms with Gasteiger partial charge >= 0.3 is 0 Å². The monoisotopic (exact) mass is 944 g/mol. The van der Waals surface area contributed by atoms with Crippen molar-refractivity contribution in [2.75, 3.05) is 65.6 Å². The predicted molar refractivity (Wildman–Crippen MR) is 276 cm³/mol. The summed E-state index contributed by atoms with van der Waals surface area (Å²) in [5, 5.41) is 8.05. The van der Waals surface area contributed by atoms with E-state index < -0.39 is 0 Å². The highest BCUT2D eigenvalue weighted by Gasteiger charge is 2.41. The summed E-state index contributed by atoms with van der Waals surface area (Å²) in [6, 6.07) is 3.26. The molecule has 67 heavy (non-hydrogen) atoms. The average molecular weight is 944 g/mol. The second-order valence-electron chi connectivity index (χ2n) is 21.8. The molecule has 4 saturated heterocycles. The number of nitrogens with zero attached hydrogens (tertiary/aromatic N) is 9. The van der Waals surface area contributed by atoms with Crippen LogP contribution >= 0.6 is 0 Å². The molecular weight excluding hydrogens is 843 g/mol. The molecular formula is C53H101N9O5. The molecule has 4 amide bonds. The van der Waals surface area contributed by atoms with Crippen LogP contribution < -0.4 is 0 Å². The average Bonchev–Trinajstić information content (AvgIpc) is 3.99. The molecule has 388 valence electrons. The minimum Gasteiger partial charge on any atom is -0.379 e. The SMILES string of the molecule is CC(C)C1CC(=O)N(C(C)C)C1=O.CC(C)C1CCN(C(C)C)CC1.CC(C)N1C(=O)C=CC1=O.CC(C)N1CCN(C(C)C)CC1.CC(C)N1CCOCC1.CC(C)c1cn(C(C)C)nn1. The Morgan fingerprint density at radius 3 is 1.15 bits per heavy atom. The fourth-order valence-electron chi connectivity index (χ4n) is 8.43. The van der Waals surface area contributed by atoms with Gasteiger partial charge in [0.05, 0.1) is 18.9 Å². The summed E-state index contributed by atoms with van der Waals surface area (Å²) < 4.78 is 7.09. The summed E-state index contributed by atoms with van der Waals surface area (Å²) in [5.41, 5.74) is 1.07. The third kappa shape index (κ3) is 22.1. The molecule has 0 spiro atoms. The van der Waals surface area contributed by atoms with Crippen LogP contribution in [0.3, 0.4) is 0 Å². The molecule has 5 aliphatic rings. The van der Waals surface area contributed by atoms with Crippen molar-refractivity contribution in [2.24, 2.45) is 23.7 Å². The standard InChI is InChI=1S/C11H23N.C10H22N2.C10H17NO2.C8H15N3.C7H9NO2.C7H15NO/c2*1-9(2)11-5-7-12(8-6-11)10(3)4;1-6(2)8-5-9(12)11(7(3)4)10(8)13;1-6(2)8-5-11(7(3)4)10-9-8;1-5(2)8-6(9)3-4-7(8)10;1-7(2)8-3-5-9-6-4-8/h9-11H,5-8H2,1-4H3;9-10H,5-8H2,1-4H3;6-8H,5H2,1-4H3;5-7H,1-4H3;3-5H,1-2H3;7H,3-6H2,1-2H3.